The van der Waals surface area contributed by atoms with E-state index in [0.717, 1.165) is 12.1 Å². The Labute approximate surface area is 139 Å². The number of anilines is 2. The van der Waals surface area contributed by atoms with Crippen molar-refractivity contribution in [1.82, 2.24) is 0 Å². The van der Waals surface area contributed by atoms with Crippen molar-refractivity contribution in [2.45, 2.75) is 12.8 Å². The van der Waals surface area contributed by atoms with Crippen molar-refractivity contribution in [3.63, 3.8) is 0 Å². The van der Waals surface area contributed by atoms with Crippen molar-refractivity contribution in [1.29, 1.82) is 0 Å². The first-order valence-corrected chi connectivity index (χ1v) is 7.35. The van der Waals surface area contributed by atoms with Crippen LogP contribution < -0.4 is 10.6 Å². The van der Waals surface area contributed by atoms with Crippen LogP contribution in [0.25, 0.3) is 0 Å². The van der Waals surface area contributed by atoms with E-state index in [9.17, 15) is 27.2 Å². The van der Waals surface area contributed by atoms with E-state index in [2.05, 4.69) is 10.6 Å². The Kier molecular flexibility index (Phi) is 4.20. The molecule has 8 heteroatoms. The summed E-state index contributed by atoms with van der Waals surface area (Å²) in [5, 5.41) is 4.52. The van der Waals surface area contributed by atoms with E-state index < -0.39 is 46.2 Å². The predicted molar refractivity (Wildman–Crippen MR) is 81.6 cm³/mol. The summed E-state index contributed by atoms with van der Waals surface area (Å²) in [6.07, 6.45) is 0.399. The molecule has 2 amide bonds. The highest BCUT2D eigenvalue weighted by Gasteiger charge is 2.56. The van der Waals surface area contributed by atoms with Gasteiger partial charge in [-0.05, 0) is 43.2 Å². The number of amides is 2. The first-order chi connectivity index (χ1) is 11.8. The van der Waals surface area contributed by atoms with Crippen LogP contribution in [0.2, 0.25) is 0 Å². The van der Waals surface area contributed by atoms with Gasteiger partial charge < -0.3 is 10.6 Å². The fourth-order valence-corrected chi connectivity index (χ4v) is 2.36. The van der Waals surface area contributed by atoms with Crippen LogP contribution in [0.4, 0.5) is 28.9 Å². The first kappa shape index (κ1) is 16.9. The van der Waals surface area contributed by atoms with Crippen molar-refractivity contribution < 1.29 is 27.2 Å². The van der Waals surface area contributed by atoms with Crippen LogP contribution in [0.15, 0.2) is 36.4 Å². The molecule has 3 rings (SSSR count). The monoisotopic (exact) mass is 352 g/mol. The summed E-state index contributed by atoms with van der Waals surface area (Å²) in [7, 11) is 0. The number of hydrogen-bond donors (Lipinski definition) is 2. The normalized spacial score (nSPS) is 14.7. The zero-order valence-electron chi connectivity index (χ0n) is 12.7. The second-order valence-corrected chi connectivity index (χ2v) is 5.72. The third-order valence-corrected chi connectivity index (χ3v) is 3.99. The van der Waals surface area contributed by atoms with Crippen LogP contribution in [0.5, 0.6) is 0 Å². The Morgan fingerprint density at radius 2 is 1.56 bits per heavy atom. The first-order valence-electron chi connectivity index (χ1n) is 7.35. The van der Waals surface area contributed by atoms with Crippen molar-refractivity contribution in [2.24, 2.45) is 5.41 Å². The van der Waals surface area contributed by atoms with Gasteiger partial charge in [0.15, 0.2) is 17.5 Å². The lowest BCUT2D eigenvalue weighted by Gasteiger charge is -2.16. The zero-order valence-corrected chi connectivity index (χ0v) is 12.7. The molecule has 0 aromatic heterocycles. The Bertz CT molecular complexity index is 866. The second kappa shape index (κ2) is 6.19. The molecule has 0 aliphatic heterocycles. The Hall–Kier alpha value is -2.90. The van der Waals surface area contributed by atoms with Gasteiger partial charge >= 0.3 is 0 Å². The molecule has 1 fully saturated rings. The lowest BCUT2D eigenvalue weighted by Crippen LogP contribution is -2.36. The Morgan fingerprint density at radius 1 is 0.880 bits per heavy atom. The van der Waals surface area contributed by atoms with E-state index in [0.29, 0.717) is 6.07 Å². The van der Waals surface area contributed by atoms with Crippen molar-refractivity contribution in [2.75, 3.05) is 10.6 Å². The molecule has 0 spiro atoms. The summed E-state index contributed by atoms with van der Waals surface area (Å²) >= 11 is 0. The van der Waals surface area contributed by atoms with Gasteiger partial charge in [-0.25, -0.2) is 17.6 Å². The number of halogens is 4. The molecule has 1 saturated carbocycles. The molecule has 1 aliphatic carbocycles. The van der Waals surface area contributed by atoms with Crippen LogP contribution in [0, 0.1) is 28.7 Å². The smallest absolute Gasteiger partial charge is 0.240 e. The maximum Gasteiger partial charge on any atom is 0.240 e. The quantitative estimate of drug-likeness (QED) is 0.502. The average Bonchev–Trinajstić information content (AvgIpc) is 3.37. The van der Waals surface area contributed by atoms with Gasteiger partial charge in [0.25, 0.3) is 0 Å². The molecular weight excluding hydrogens is 340 g/mol. The summed E-state index contributed by atoms with van der Waals surface area (Å²) in [4.78, 5) is 24.6. The third-order valence-electron chi connectivity index (χ3n) is 3.99. The van der Waals surface area contributed by atoms with Gasteiger partial charge in [-0.3, -0.25) is 9.59 Å². The zero-order chi connectivity index (χ0) is 18.2. The number of carbonyl (C=O) groups is 2. The van der Waals surface area contributed by atoms with E-state index in [1.165, 1.54) is 18.2 Å². The van der Waals surface area contributed by atoms with E-state index >= 15 is 0 Å². The fraction of sp³-hybridized carbons (Fsp3) is 0.176. The molecule has 0 heterocycles. The highest BCUT2D eigenvalue weighted by molar-refractivity contribution is 6.16. The largest absolute Gasteiger partial charge is 0.325 e. The van der Waals surface area contributed by atoms with Crippen LogP contribution in [0.3, 0.4) is 0 Å². The van der Waals surface area contributed by atoms with Gasteiger partial charge in [-0.15, -0.1) is 0 Å². The molecule has 0 bridgehead atoms. The molecule has 0 saturated heterocycles. The number of rotatable bonds is 4. The minimum absolute atomic E-state index is 0.170. The second-order valence-electron chi connectivity index (χ2n) is 5.72. The van der Waals surface area contributed by atoms with Gasteiger partial charge in [0.1, 0.15) is 11.2 Å². The number of hydrogen-bond acceptors (Lipinski definition) is 2. The summed E-state index contributed by atoms with van der Waals surface area (Å²) in [6.45, 7) is 0. The number of nitrogens with one attached hydrogen (secondary N) is 2. The lowest BCUT2D eigenvalue weighted by molar-refractivity contribution is -0.131. The van der Waals surface area contributed by atoms with Gasteiger partial charge in [-0.2, -0.15) is 0 Å². The van der Waals surface area contributed by atoms with E-state index in [1.807, 2.05) is 0 Å². The minimum atomic E-state index is -1.72. The van der Waals surface area contributed by atoms with Gasteiger partial charge in [-0.1, -0.05) is 6.07 Å². The van der Waals surface area contributed by atoms with E-state index in [4.69, 9.17) is 0 Å². The molecule has 1 aliphatic rings. The van der Waals surface area contributed by atoms with Crippen LogP contribution in [0.1, 0.15) is 12.8 Å². The highest BCUT2D eigenvalue weighted by Crippen LogP contribution is 2.47. The summed E-state index contributed by atoms with van der Waals surface area (Å²) in [6, 6.07) is 6.65. The van der Waals surface area contributed by atoms with Gasteiger partial charge in [0, 0.05) is 5.69 Å². The SMILES string of the molecule is O=C(Nc1cccc(F)c1)C1(C(=O)Nc2ccc(F)c(F)c2F)CC1. The molecule has 2 N–H and O–H groups in total. The maximum absolute atomic E-state index is 13.7. The Morgan fingerprint density at radius 3 is 2.20 bits per heavy atom. The molecule has 2 aromatic carbocycles. The van der Waals surface area contributed by atoms with Crippen LogP contribution in [-0.4, -0.2) is 11.8 Å². The number of carbonyl (C=O) groups excluding carboxylic acids is 2. The van der Waals surface area contributed by atoms with Crippen molar-refractivity contribution in [3.8, 4) is 0 Å². The van der Waals surface area contributed by atoms with Crippen LogP contribution in [-0.2, 0) is 9.59 Å². The van der Waals surface area contributed by atoms with Crippen molar-refractivity contribution in [3.05, 3.63) is 59.7 Å². The molecule has 4 nitrogen and oxygen atoms in total. The Balaban J connectivity index is 1.75. The standard InChI is InChI=1S/C17H12F4N2O2/c18-9-2-1-3-10(8-9)22-15(24)17(6-7-17)16(25)23-12-5-4-11(19)13(20)14(12)21/h1-5,8H,6-7H2,(H,22,24)(H,23,25). The fourth-order valence-electron chi connectivity index (χ4n) is 2.36. The molecular formula is C17H12F4N2O2. The molecule has 0 atom stereocenters. The summed E-state index contributed by atoms with van der Waals surface area (Å²) in [5.41, 5.74) is -1.85. The minimum Gasteiger partial charge on any atom is -0.325 e. The molecule has 2 aromatic rings. The highest BCUT2D eigenvalue weighted by atomic mass is 19.2. The molecule has 0 unspecified atom stereocenters. The van der Waals surface area contributed by atoms with Crippen molar-refractivity contribution >= 4 is 23.2 Å². The average molecular weight is 352 g/mol. The lowest BCUT2D eigenvalue weighted by atomic mass is 10.0. The number of benzene rings is 2. The predicted octanol–water partition coefficient (Wildman–Crippen LogP) is 3.60. The van der Waals surface area contributed by atoms with Gasteiger partial charge in [0.05, 0.1) is 5.69 Å². The van der Waals surface area contributed by atoms with E-state index in [-0.39, 0.29) is 18.5 Å². The maximum atomic E-state index is 13.7. The molecule has 130 valence electrons. The van der Waals surface area contributed by atoms with Gasteiger partial charge in [0.2, 0.25) is 11.8 Å². The molecule has 25 heavy (non-hydrogen) atoms. The summed E-state index contributed by atoms with van der Waals surface area (Å²) < 4.78 is 52.9. The van der Waals surface area contributed by atoms with E-state index in [1.54, 1.807) is 0 Å². The topological polar surface area (TPSA) is 58.2 Å². The van der Waals surface area contributed by atoms with Crippen LogP contribution >= 0.6 is 0 Å². The third kappa shape index (κ3) is 3.19. The molecule has 0 radical (unpaired) electrons. The summed E-state index contributed by atoms with van der Waals surface area (Å²) in [5.74, 6) is -6.73.